The van der Waals surface area contributed by atoms with Crippen molar-refractivity contribution in [3.05, 3.63) is 22.7 Å². The van der Waals surface area contributed by atoms with Gasteiger partial charge in [0.25, 0.3) is 11.8 Å². The van der Waals surface area contributed by atoms with Gasteiger partial charge in [0.15, 0.2) is 18.1 Å². The topological polar surface area (TPSA) is 91.1 Å². The highest BCUT2D eigenvalue weighted by atomic mass is 35.5. The summed E-state index contributed by atoms with van der Waals surface area (Å²) in [7, 11) is 1.43. The van der Waals surface area contributed by atoms with E-state index in [2.05, 4.69) is 0 Å². The lowest BCUT2D eigenvalue weighted by atomic mass is 10.1. The molecular formula is C16H21ClN2O5. The van der Waals surface area contributed by atoms with Crippen LogP contribution in [0.15, 0.2) is 12.1 Å². The first-order valence-electron chi connectivity index (χ1n) is 7.55. The monoisotopic (exact) mass is 356 g/mol. The molecule has 2 amide bonds. The number of morpholine rings is 1. The standard InChI is InChI=1S/C16H21ClN2O5/c1-9-6-19(7-10(2)24-9)16(21)11-4-12(17)15(13(5-11)22-3)23-8-14(18)20/h4-5,9-10H,6-8H2,1-3H3,(H2,18,20). The van der Waals surface area contributed by atoms with E-state index in [4.69, 9.17) is 31.5 Å². The van der Waals surface area contributed by atoms with Gasteiger partial charge in [0.05, 0.1) is 24.3 Å². The Labute approximate surface area is 145 Å². The summed E-state index contributed by atoms with van der Waals surface area (Å²) < 4.78 is 16.1. The number of nitrogens with zero attached hydrogens (tertiary/aromatic N) is 1. The molecule has 2 N–H and O–H groups in total. The molecule has 1 fully saturated rings. The molecule has 2 rings (SSSR count). The second-order valence-corrected chi connectivity index (χ2v) is 6.12. The summed E-state index contributed by atoms with van der Waals surface area (Å²) in [5.74, 6) is -0.358. The molecule has 0 aliphatic carbocycles. The van der Waals surface area contributed by atoms with Gasteiger partial charge >= 0.3 is 0 Å². The van der Waals surface area contributed by atoms with Crippen molar-refractivity contribution in [2.45, 2.75) is 26.1 Å². The first-order chi connectivity index (χ1) is 11.3. The molecular weight excluding hydrogens is 336 g/mol. The van der Waals surface area contributed by atoms with E-state index in [9.17, 15) is 9.59 Å². The average molecular weight is 357 g/mol. The number of hydrogen-bond donors (Lipinski definition) is 1. The molecule has 2 atom stereocenters. The lowest BCUT2D eigenvalue weighted by Crippen LogP contribution is -2.48. The molecule has 0 bridgehead atoms. The third-order valence-electron chi connectivity index (χ3n) is 3.54. The van der Waals surface area contributed by atoms with E-state index in [1.807, 2.05) is 13.8 Å². The zero-order chi connectivity index (χ0) is 17.9. The predicted molar refractivity (Wildman–Crippen MR) is 88.6 cm³/mol. The summed E-state index contributed by atoms with van der Waals surface area (Å²) >= 11 is 6.18. The molecule has 0 saturated carbocycles. The van der Waals surface area contributed by atoms with Crippen LogP contribution in [-0.4, -0.2) is 55.7 Å². The number of nitrogens with two attached hydrogens (primary N) is 1. The number of rotatable bonds is 5. The highest BCUT2D eigenvalue weighted by Gasteiger charge is 2.28. The lowest BCUT2D eigenvalue weighted by molar-refractivity contribution is -0.119. The van der Waals surface area contributed by atoms with Crippen molar-refractivity contribution in [3.8, 4) is 11.5 Å². The molecule has 132 valence electrons. The third kappa shape index (κ3) is 4.30. The van der Waals surface area contributed by atoms with Crippen LogP contribution in [0.25, 0.3) is 0 Å². The van der Waals surface area contributed by atoms with Gasteiger partial charge in [-0.3, -0.25) is 9.59 Å². The number of halogens is 1. The molecule has 1 aromatic carbocycles. The molecule has 2 unspecified atom stereocenters. The minimum absolute atomic E-state index is 0.0340. The highest BCUT2D eigenvalue weighted by molar-refractivity contribution is 6.32. The van der Waals surface area contributed by atoms with E-state index in [0.717, 1.165) is 0 Å². The SMILES string of the molecule is COc1cc(C(=O)N2CC(C)OC(C)C2)cc(Cl)c1OCC(N)=O. The number of amides is 2. The summed E-state index contributed by atoms with van der Waals surface area (Å²) in [6.45, 7) is 4.52. The number of ether oxygens (including phenoxy) is 3. The molecule has 1 aliphatic heterocycles. The van der Waals surface area contributed by atoms with Crippen LogP contribution in [0.4, 0.5) is 0 Å². The normalized spacial score (nSPS) is 20.6. The van der Waals surface area contributed by atoms with Crippen molar-refractivity contribution in [1.29, 1.82) is 0 Å². The Morgan fingerprint density at radius 2 is 1.96 bits per heavy atom. The van der Waals surface area contributed by atoms with Crippen LogP contribution < -0.4 is 15.2 Å². The van der Waals surface area contributed by atoms with Crippen molar-refractivity contribution in [1.82, 2.24) is 4.90 Å². The summed E-state index contributed by atoms with van der Waals surface area (Å²) in [5, 5.41) is 0.174. The molecule has 1 aliphatic rings. The van der Waals surface area contributed by atoms with Crippen LogP contribution in [0, 0.1) is 0 Å². The molecule has 1 aromatic rings. The van der Waals surface area contributed by atoms with Crippen molar-refractivity contribution in [3.63, 3.8) is 0 Å². The van der Waals surface area contributed by atoms with E-state index < -0.39 is 5.91 Å². The largest absolute Gasteiger partial charge is 0.493 e. The second-order valence-electron chi connectivity index (χ2n) is 5.71. The fourth-order valence-corrected chi connectivity index (χ4v) is 2.92. The van der Waals surface area contributed by atoms with Gasteiger partial charge in [0.1, 0.15) is 0 Å². The van der Waals surface area contributed by atoms with Gasteiger partial charge in [-0.25, -0.2) is 0 Å². The average Bonchev–Trinajstić information content (AvgIpc) is 2.51. The van der Waals surface area contributed by atoms with Crippen LogP contribution in [0.3, 0.4) is 0 Å². The number of methoxy groups -OCH3 is 1. The zero-order valence-corrected chi connectivity index (χ0v) is 14.6. The summed E-state index contributed by atoms with van der Waals surface area (Å²) in [5.41, 5.74) is 5.44. The second kappa shape index (κ2) is 7.72. The summed E-state index contributed by atoms with van der Waals surface area (Å²) in [4.78, 5) is 25.3. The van der Waals surface area contributed by atoms with E-state index in [1.165, 1.54) is 19.2 Å². The number of carbonyl (C=O) groups excluding carboxylic acids is 2. The van der Waals surface area contributed by atoms with Crippen LogP contribution in [-0.2, 0) is 9.53 Å². The van der Waals surface area contributed by atoms with Crippen LogP contribution in [0.2, 0.25) is 5.02 Å². The van der Waals surface area contributed by atoms with Gasteiger partial charge < -0.3 is 24.8 Å². The molecule has 0 radical (unpaired) electrons. The smallest absolute Gasteiger partial charge is 0.255 e. The lowest BCUT2D eigenvalue weighted by Gasteiger charge is -2.35. The quantitative estimate of drug-likeness (QED) is 0.862. The first-order valence-corrected chi connectivity index (χ1v) is 7.93. The zero-order valence-electron chi connectivity index (χ0n) is 13.9. The molecule has 0 spiro atoms. The Bertz CT molecular complexity index is 627. The van der Waals surface area contributed by atoms with Gasteiger partial charge in [0.2, 0.25) is 0 Å². The Balaban J connectivity index is 2.25. The first kappa shape index (κ1) is 18.4. The maximum absolute atomic E-state index is 12.7. The number of carbonyl (C=O) groups is 2. The Morgan fingerprint density at radius 1 is 1.33 bits per heavy atom. The fraction of sp³-hybridized carbons (Fsp3) is 0.500. The Hall–Kier alpha value is -1.99. The maximum Gasteiger partial charge on any atom is 0.255 e. The van der Waals surface area contributed by atoms with E-state index in [-0.39, 0.29) is 41.2 Å². The molecule has 1 saturated heterocycles. The van der Waals surface area contributed by atoms with E-state index >= 15 is 0 Å². The van der Waals surface area contributed by atoms with Gasteiger partial charge in [-0.1, -0.05) is 11.6 Å². The summed E-state index contributed by atoms with van der Waals surface area (Å²) in [6, 6.07) is 3.03. The summed E-state index contributed by atoms with van der Waals surface area (Å²) in [6.07, 6.45) is -0.0681. The van der Waals surface area contributed by atoms with Gasteiger partial charge in [-0.2, -0.15) is 0 Å². The van der Waals surface area contributed by atoms with Crippen molar-refractivity contribution >= 4 is 23.4 Å². The molecule has 24 heavy (non-hydrogen) atoms. The van der Waals surface area contributed by atoms with Crippen molar-refractivity contribution < 1.29 is 23.8 Å². The number of hydrogen-bond acceptors (Lipinski definition) is 5. The number of primary amides is 1. The van der Waals surface area contributed by atoms with E-state index in [0.29, 0.717) is 18.7 Å². The molecule has 7 nitrogen and oxygen atoms in total. The van der Waals surface area contributed by atoms with Crippen LogP contribution in [0.5, 0.6) is 11.5 Å². The predicted octanol–water partition coefficient (Wildman–Crippen LogP) is 1.46. The van der Waals surface area contributed by atoms with Crippen LogP contribution >= 0.6 is 11.6 Å². The van der Waals surface area contributed by atoms with Crippen molar-refractivity contribution in [2.75, 3.05) is 26.8 Å². The minimum atomic E-state index is -0.635. The van der Waals surface area contributed by atoms with E-state index in [1.54, 1.807) is 4.90 Å². The highest BCUT2D eigenvalue weighted by Crippen LogP contribution is 2.36. The molecule has 8 heteroatoms. The number of benzene rings is 1. The Kier molecular flexibility index (Phi) is 5.90. The Morgan fingerprint density at radius 3 is 2.50 bits per heavy atom. The van der Waals surface area contributed by atoms with Crippen LogP contribution in [0.1, 0.15) is 24.2 Å². The van der Waals surface area contributed by atoms with Gasteiger partial charge in [-0.05, 0) is 26.0 Å². The molecule has 1 heterocycles. The van der Waals surface area contributed by atoms with Gasteiger partial charge in [0, 0.05) is 18.7 Å². The van der Waals surface area contributed by atoms with Crippen molar-refractivity contribution in [2.24, 2.45) is 5.73 Å². The minimum Gasteiger partial charge on any atom is -0.493 e. The fourth-order valence-electron chi connectivity index (χ4n) is 2.65. The maximum atomic E-state index is 12.7. The molecule has 0 aromatic heterocycles. The van der Waals surface area contributed by atoms with Gasteiger partial charge in [-0.15, -0.1) is 0 Å². The third-order valence-corrected chi connectivity index (χ3v) is 3.82.